The monoisotopic (exact) mass is 439 g/mol. The molecule has 1 saturated heterocycles. The molecule has 0 bridgehead atoms. The van der Waals surface area contributed by atoms with E-state index in [1.807, 2.05) is 18.2 Å². The number of ether oxygens (including phenoxy) is 2. The van der Waals surface area contributed by atoms with Crippen LogP contribution in [0.25, 0.3) is 33.5 Å². The molecular weight excluding hydrogens is 414 g/mol. The third-order valence-electron chi connectivity index (χ3n) is 6.00. The number of methoxy groups -OCH3 is 2. The summed E-state index contributed by atoms with van der Waals surface area (Å²) in [7, 11) is 3.32. The third kappa shape index (κ3) is 3.86. The molecule has 0 atom stereocenters. The topological polar surface area (TPSA) is 75.3 Å². The Morgan fingerprint density at radius 3 is 2.48 bits per heavy atom. The molecule has 7 nitrogen and oxygen atoms in total. The summed E-state index contributed by atoms with van der Waals surface area (Å²) in [4.78, 5) is 14.8. The largest absolute Gasteiger partial charge is 0.495 e. The predicted octanol–water partition coefficient (Wildman–Crippen LogP) is 3.70. The zero-order chi connectivity index (χ0) is 22.8. The Bertz CT molecular complexity index is 1350. The van der Waals surface area contributed by atoms with Crippen molar-refractivity contribution in [2.45, 2.75) is 0 Å². The number of aromatic nitrogens is 3. The van der Waals surface area contributed by atoms with Crippen molar-refractivity contribution >= 4 is 16.7 Å². The molecule has 1 fully saturated rings. The number of nitrogens with one attached hydrogen (secondary N) is 2. The normalized spacial score (nSPS) is 13.7. The van der Waals surface area contributed by atoms with Crippen molar-refractivity contribution in [2.75, 3.05) is 45.3 Å². The number of hydrogen-bond donors (Lipinski definition) is 2. The van der Waals surface area contributed by atoms with Crippen LogP contribution in [0, 0.1) is 12.3 Å². The van der Waals surface area contributed by atoms with E-state index in [0.717, 1.165) is 71.2 Å². The number of benzene rings is 2. The molecule has 2 N–H and O–H groups in total. The van der Waals surface area contributed by atoms with Crippen LogP contribution in [0.4, 0.5) is 5.69 Å². The lowest BCUT2D eigenvalue weighted by Gasteiger charge is -2.30. The summed E-state index contributed by atoms with van der Waals surface area (Å²) in [6, 6.07) is 14.1. The fourth-order valence-corrected chi connectivity index (χ4v) is 4.31. The molecule has 1 aliphatic rings. The first-order chi connectivity index (χ1) is 16.2. The van der Waals surface area contributed by atoms with Gasteiger partial charge in [0.05, 0.1) is 31.2 Å². The minimum absolute atomic E-state index is 0.665. The Hall–Kier alpha value is -4.02. The highest BCUT2D eigenvalue weighted by atomic mass is 16.5. The van der Waals surface area contributed by atoms with Crippen molar-refractivity contribution in [3.05, 3.63) is 54.4 Å². The summed E-state index contributed by atoms with van der Waals surface area (Å²) in [5.74, 6) is 4.20. The summed E-state index contributed by atoms with van der Waals surface area (Å²) in [6.45, 7) is 3.87. The number of fused-ring (bicyclic) bond motifs is 1. The minimum Gasteiger partial charge on any atom is -0.495 e. The molecule has 2 aromatic carbocycles. The van der Waals surface area contributed by atoms with Gasteiger partial charge in [-0.1, -0.05) is 12.0 Å². The molecule has 0 amide bonds. The van der Waals surface area contributed by atoms with Gasteiger partial charge >= 0.3 is 0 Å². The van der Waals surface area contributed by atoms with Gasteiger partial charge in [-0.2, -0.15) is 0 Å². The molecule has 7 heteroatoms. The predicted molar refractivity (Wildman–Crippen MR) is 131 cm³/mol. The SMILES string of the molecule is C#Cc1cc(-c2ncnc3[nH]c(-c4ccc(N5CCNCC5)c(OC)c4)cc23)ccc1OC. The molecular formula is C26H25N5O2. The maximum atomic E-state index is 5.74. The Kier molecular flexibility index (Phi) is 5.59. The molecule has 2 aromatic heterocycles. The number of piperazine rings is 1. The van der Waals surface area contributed by atoms with Gasteiger partial charge in [-0.15, -0.1) is 6.42 Å². The van der Waals surface area contributed by atoms with Crippen molar-refractivity contribution in [1.82, 2.24) is 20.3 Å². The van der Waals surface area contributed by atoms with Crippen LogP contribution in [0.3, 0.4) is 0 Å². The third-order valence-corrected chi connectivity index (χ3v) is 6.00. The second-order valence-electron chi connectivity index (χ2n) is 7.85. The van der Waals surface area contributed by atoms with Gasteiger partial charge < -0.3 is 24.7 Å². The van der Waals surface area contributed by atoms with Gasteiger partial charge in [-0.3, -0.25) is 0 Å². The van der Waals surface area contributed by atoms with Crippen LogP contribution in [0.15, 0.2) is 48.8 Å². The first-order valence-electron chi connectivity index (χ1n) is 10.8. The number of nitrogens with zero attached hydrogens (tertiary/aromatic N) is 3. The van der Waals surface area contributed by atoms with E-state index in [1.165, 1.54) is 0 Å². The standard InChI is InChI=1S/C26H25N5O2/c1-4-17-13-19(6-8-23(17)32-2)25-20-15-21(30-26(20)29-16-28-25)18-5-7-22(24(14-18)33-3)31-11-9-27-10-12-31/h1,5-8,13-16,27H,9-12H2,2-3H3,(H,28,29,30). The molecule has 0 unspecified atom stereocenters. The first-order valence-corrected chi connectivity index (χ1v) is 10.8. The van der Waals surface area contributed by atoms with Crippen LogP contribution >= 0.6 is 0 Å². The van der Waals surface area contributed by atoms with E-state index in [-0.39, 0.29) is 0 Å². The zero-order valence-corrected chi connectivity index (χ0v) is 18.7. The van der Waals surface area contributed by atoms with Crippen LogP contribution in [0.5, 0.6) is 11.5 Å². The molecule has 3 heterocycles. The Morgan fingerprint density at radius 2 is 1.73 bits per heavy atom. The lowest BCUT2D eigenvalue weighted by atomic mass is 10.0. The zero-order valence-electron chi connectivity index (χ0n) is 18.7. The van der Waals surface area contributed by atoms with E-state index < -0.39 is 0 Å². The second kappa shape index (κ2) is 8.85. The van der Waals surface area contributed by atoms with Gasteiger partial charge in [0.2, 0.25) is 0 Å². The smallest absolute Gasteiger partial charge is 0.142 e. The maximum absolute atomic E-state index is 5.74. The number of hydrogen-bond acceptors (Lipinski definition) is 6. The van der Waals surface area contributed by atoms with Crippen molar-refractivity contribution in [3.63, 3.8) is 0 Å². The van der Waals surface area contributed by atoms with Gasteiger partial charge in [0.15, 0.2) is 0 Å². The quantitative estimate of drug-likeness (QED) is 0.462. The van der Waals surface area contributed by atoms with Crippen molar-refractivity contribution in [2.24, 2.45) is 0 Å². The fourth-order valence-electron chi connectivity index (χ4n) is 4.31. The summed E-state index contributed by atoms with van der Waals surface area (Å²) in [5.41, 5.74) is 6.25. The van der Waals surface area contributed by atoms with Crippen molar-refractivity contribution < 1.29 is 9.47 Å². The van der Waals surface area contributed by atoms with E-state index >= 15 is 0 Å². The molecule has 0 aliphatic carbocycles. The number of H-pyrrole nitrogens is 1. The van der Waals surface area contributed by atoms with E-state index in [1.54, 1.807) is 20.5 Å². The molecule has 1 aliphatic heterocycles. The second-order valence-corrected chi connectivity index (χ2v) is 7.85. The molecule has 5 rings (SSSR count). The summed E-state index contributed by atoms with van der Waals surface area (Å²) < 4.78 is 11.1. The molecule has 166 valence electrons. The molecule has 0 radical (unpaired) electrons. The first kappa shape index (κ1) is 20.9. The highest BCUT2D eigenvalue weighted by Gasteiger charge is 2.17. The van der Waals surface area contributed by atoms with E-state index in [2.05, 4.69) is 55.4 Å². The average molecular weight is 440 g/mol. The Morgan fingerprint density at radius 1 is 0.939 bits per heavy atom. The Balaban J connectivity index is 1.55. The fraction of sp³-hybridized carbons (Fsp3) is 0.231. The number of anilines is 1. The molecule has 0 spiro atoms. The lowest BCUT2D eigenvalue weighted by molar-refractivity contribution is 0.413. The summed E-state index contributed by atoms with van der Waals surface area (Å²) >= 11 is 0. The van der Waals surface area contributed by atoms with Gasteiger partial charge in [0, 0.05) is 48.4 Å². The highest BCUT2D eigenvalue weighted by molar-refractivity contribution is 5.94. The highest BCUT2D eigenvalue weighted by Crippen LogP contribution is 2.36. The van der Waals surface area contributed by atoms with Crippen molar-refractivity contribution in [3.8, 4) is 46.4 Å². The maximum Gasteiger partial charge on any atom is 0.142 e. The van der Waals surface area contributed by atoms with Crippen LogP contribution in [-0.4, -0.2) is 55.4 Å². The van der Waals surface area contributed by atoms with Crippen LogP contribution in [0.2, 0.25) is 0 Å². The van der Waals surface area contributed by atoms with Gasteiger partial charge in [0.1, 0.15) is 23.5 Å². The van der Waals surface area contributed by atoms with Crippen molar-refractivity contribution in [1.29, 1.82) is 0 Å². The summed E-state index contributed by atoms with van der Waals surface area (Å²) in [6.07, 6.45) is 7.23. The molecule has 33 heavy (non-hydrogen) atoms. The van der Waals surface area contributed by atoms with E-state index in [0.29, 0.717) is 11.3 Å². The van der Waals surface area contributed by atoms with Gasteiger partial charge in [-0.05, 0) is 36.4 Å². The Labute approximate surface area is 192 Å². The van der Waals surface area contributed by atoms with E-state index in [4.69, 9.17) is 15.9 Å². The summed E-state index contributed by atoms with van der Waals surface area (Å²) in [5, 5.41) is 4.31. The lowest BCUT2D eigenvalue weighted by Crippen LogP contribution is -2.43. The van der Waals surface area contributed by atoms with Crippen LogP contribution in [0.1, 0.15) is 5.56 Å². The molecule has 4 aromatic rings. The van der Waals surface area contributed by atoms with Gasteiger partial charge in [-0.25, -0.2) is 9.97 Å². The van der Waals surface area contributed by atoms with Gasteiger partial charge in [0.25, 0.3) is 0 Å². The average Bonchev–Trinajstić information content (AvgIpc) is 3.33. The van der Waals surface area contributed by atoms with Crippen LogP contribution < -0.4 is 19.7 Å². The van der Waals surface area contributed by atoms with Crippen LogP contribution in [-0.2, 0) is 0 Å². The number of terminal acetylenes is 1. The number of rotatable bonds is 5. The minimum atomic E-state index is 0.665. The van der Waals surface area contributed by atoms with E-state index in [9.17, 15) is 0 Å². The molecule has 0 saturated carbocycles. The number of aromatic amines is 1.